The summed E-state index contributed by atoms with van der Waals surface area (Å²) in [5.41, 5.74) is -0.0587. The smallest absolute Gasteiger partial charge is 0.126 e. The van der Waals surface area contributed by atoms with Gasteiger partial charge in [-0.25, -0.2) is 4.39 Å². The number of rotatable bonds is 5. The summed E-state index contributed by atoms with van der Waals surface area (Å²) in [4.78, 5) is 0. The molecule has 0 saturated heterocycles. The molecule has 88 valence electrons. The average Bonchev–Trinajstić information content (AvgIpc) is 2.22. The first-order valence-corrected chi connectivity index (χ1v) is 5.83. The van der Waals surface area contributed by atoms with E-state index in [0.717, 1.165) is 25.8 Å². The minimum Gasteiger partial charge on any atom is -0.487 e. The predicted octanol–water partition coefficient (Wildman–Crippen LogP) is 2.74. The Morgan fingerprint density at radius 3 is 2.81 bits per heavy atom. The maximum Gasteiger partial charge on any atom is 0.126 e. The van der Waals surface area contributed by atoms with Crippen molar-refractivity contribution in [3.8, 4) is 5.75 Å². The minimum atomic E-state index is -0.236. The van der Waals surface area contributed by atoms with Gasteiger partial charge in [0.2, 0.25) is 0 Å². The van der Waals surface area contributed by atoms with Crippen LogP contribution in [-0.2, 0) is 0 Å². The van der Waals surface area contributed by atoms with E-state index in [1.165, 1.54) is 18.6 Å². The fourth-order valence-electron chi connectivity index (χ4n) is 2.11. The highest BCUT2D eigenvalue weighted by atomic mass is 19.1. The Kier molecular flexibility index (Phi) is 3.44. The molecule has 1 N–H and O–H groups in total. The molecule has 2 rings (SSSR count). The molecule has 16 heavy (non-hydrogen) atoms. The molecule has 0 aliphatic heterocycles. The van der Waals surface area contributed by atoms with Gasteiger partial charge in [0.05, 0.1) is 0 Å². The molecule has 0 amide bonds. The van der Waals surface area contributed by atoms with Gasteiger partial charge < -0.3 is 10.1 Å². The lowest BCUT2D eigenvalue weighted by atomic mass is 9.77. The topological polar surface area (TPSA) is 21.3 Å². The van der Waals surface area contributed by atoms with Crippen LogP contribution in [0.1, 0.15) is 25.7 Å². The molecule has 0 bridgehead atoms. The lowest BCUT2D eigenvalue weighted by molar-refractivity contribution is -0.0140. The molecule has 1 fully saturated rings. The monoisotopic (exact) mass is 223 g/mol. The van der Waals surface area contributed by atoms with Crippen molar-refractivity contribution in [2.45, 2.75) is 31.3 Å². The van der Waals surface area contributed by atoms with Crippen molar-refractivity contribution >= 4 is 0 Å². The summed E-state index contributed by atoms with van der Waals surface area (Å²) >= 11 is 0. The number of ether oxygens (including phenoxy) is 1. The Morgan fingerprint density at radius 1 is 1.44 bits per heavy atom. The predicted molar refractivity (Wildman–Crippen MR) is 62.2 cm³/mol. The van der Waals surface area contributed by atoms with Crippen LogP contribution in [0.5, 0.6) is 5.75 Å². The Balaban J connectivity index is 2.01. The third kappa shape index (κ3) is 2.53. The van der Waals surface area contributed by atoms with Gasteiger partial charge in [0.25, 0.3) is 0 Å². The summed E-state index contributed by atoms with van der Waals surface area (Å²) in [6, 6.07) is 6.41. The summed E-state index contributed by atoms with van der Waals surface area (Å²) < 4.78 is 19.0. The number of hydrogen-bond acceptors (Lipinski definition) is 2. The van der Waals surface area contributed by atoms with Gasteiger partial charge in [-0.05, 0) is 51.4 Å². The van der Waals surface area contributed by atoms with Crippen LogP contribution in [0.3, 0.4) is 0 Å². The third-order valence-corrected chi connectivity index (χ3v) is 3.23. The van der Waals surface area contributed by atoms with E-state index in [4.69, 9.17) is 4.74 Å². The molecule has 0 unspecified atom stereocenters. The van der Waals surface area contributed by atoms with E-state index in [1.807, 2.05) is 13.1 Å². The van der Waals surface area contributed by atoms with E-state index >= 15 is 0 Å². The number of hydrogen-bond donors (Lipinski definition) is 1. The van der Waals surface area contributed by atoms with Crippen molar-refractivity contribution in [1.29, 1.82) is 0 Å². The van der Waals surface area contributed by atoms with E-state index in [1.54, 1.807) is 6.07 Å². The summed E-state index contributed by atoms with van der Waals surface area (Å²) in [6.07, 6.45) is 4.34. The van der Waals surface area contributed by atoms with Crippen LogP contribution in [0.25, 0.3) is 0 Å². The summed E-state index contributed by atoms with van der Waals surface area (Å²) in [7, 11) is 1.94. The highest BCUT2D eigenvalue weighted by Gasteiger charge is 2.38. The van der Waals surface area contributed by atoms with Gasteiger partial charge in [0.1, 0.15) is 17.2 Å². The van der Waals surface area contributed by atoms with Crippen molar-refractivity contribution in [3.63, 3.8) is 0 Å². The van der Waals surface area contributed by atoms with E-state index in [0.29, 0.717) is 5.75 Å². The first kappa shape index (κ1) is 11.4. The van der Waals surface area contributed by atoms with Crippen LogP contribution in [0.15, 0.2) is 24.3 Å². The molecule has 0 aromatic heterocycles. The highest BCUT2D eigenvalue weighted by molar-refractivity contribution is 5.23. The van der Waals surface area contributed by atoms with Gasteiger partial charge in [0, 0.05) is 6.07 Å². The van der Waals surface area contributed by atoms with E-state index < -0.39 is 0 Å². The van der Waals surface area contributed by atoms with E-state index in [2.05, 4.69) is 5.32 Å². The van der Waals surface area contributed by atoms with Crippen LogP contribution < -0.4 is 10.1 Å². The lowest BCUT2D eigenvalue weighted by Gasteiger charge is -2.42. The summed E-state index contributed by atoms with van der Waals surface area (Å²) in [6.45, 7) is 0.940. The van der Waals surface area contributed by atoms with Gasteiger partial charge in [-0.3, -0.25) is 0 Å². The fourth-order valence-corrected chi connectivity index (χ4v) is 2.11. The van der Waals surface area contributed by atoms with Gasteiger partial charge in [-0.2, -0.15) is 0 Å². The molecule has 1 aromatic carbocycles. The second kappa shape index (κ2) is 4.83. The number of nitrogens with one attached hydrogen (secondary N) is 1. The maximum absolute atomic E-state index is 13.0. The van der Waals surface area contributed by atoms with Crippen molar-refractivity contribution in [1.82, 2.24) is 5.32 Å². The fraction of sp³-hybridized carbons (Fsp3) is 0.538. The van der Waals surface area contributed by atoms with Crippen LogP contribution in [0.4, 0.5) is 4.39 Å². The molecule has 1 aliphatic carbocycles. The largest absolute Gasteiger partial charge is 0.487 e. The van der Waals surface area contributed by atoms with Crippen LogP contribution in [0, 0.1) is 5.82 Å². The quantitative estimate of drug-likeness (QED) is 0.828. The molecule has 1 aliphatic rings. The second-order valence-corrected chi connectivity index (χ2v) is 4.45. The number of benzene rings is 1. The van der Waals surface area contributed by atoms with Gasteiger partial charge >= 0.3 is 0 Å². The molecular weight excluding hydrogens is 205 g/mol. The molecule has 1 aromatic rings. The van der Waals surface area contributed by atoms with Gasteiger partial charge in [-0.1, -0.05) is 6.07 Å². The minimum absolute atomic E-state index is 0.0587. The van der Waals surface area contributed by atoms with Crippen molar-refractivity contribution in [3.05, 3.63) is 30.1 Å². The Morgan fingerprint density at radius 2 is 2.25 bits per heavy atom. The van der Waals surface area contributed by atoms with E-state index in [-0.39, 0.29) is 11.4 Å². The maximum atomic E-state index is 13.0. The van der Waals surface area contributed by atoms with Gasteiger partial charge in [-0.15, -0.1) is 0 Å². The molecule has 0 atom stereocenters. The molecule has 0 spiro atoms. The Hall–Kier alpha value is -1.09. The average molecular weight is 223 g/mol. The molecule has 0 heterocycles. The first-order valence-electron chi connectivity index (χ1n) is 5.83. The SMILES string of the molecule is CNCCC1(Oc2cccc(F)c2)CCC1. The van der Waals surface area contributed by atoms with E-state index in [9.17, 15) is 4.39 Å². The van der Waals surface area contributed by atoms with Crippen LogP contribution >= 0.6 is 0 Å². The van der Waals surface area contributed by atoms with Gasteiger partial charge in [0.15, 0.2) is 0 Å². The van der Waals surface area contributed by atoms with Crippen molar-refractivity contribution in [2.24, 2.45) is 0 Å². The normalized spacial score (nSPS) is 17.9. The standard InChI is InChI=1S/C13H18FNO/c1-15-9-8-13(6-3-7-13)16-12-5-2-4-11(14)10-12/h2,4-5,10,15H,3,6-9H2,1H3. The number of halogens is 1. The molecular formula is C13H18FNO. The van der Waals surface area contributed by atoms with Crippen LogP contribution in [0.2, 0.25) is 0 Å². The molecule has 2 nitrogen and oxygen atoms in total. The zero-order valence-corrected chi connectivity index (χ0v) is 9.63. The third-order valence-electron chi connectivity index (χ3n) is 3.23. The molecule has 1 saturated carbocycles. The Labute approximate surface area is 95.8 Å². The van der Waals surface area contributed by atoms with Crippen molar-refractivity contribution in [2.75, 3.05) is 13.6 Å². The second-order valence-electron chi connectivity index (χ2n) is 4.45. The Bertz CT molecular complexity index is 350. The first-order chi connectivity index (χ1) is 7.74. The lowest BCUT2D eigenvalue weighted by Crippen LogP contribution is -2.45. The summed E-state index contributed by atoms with van der Waals surface area (Å²) in [5.74, 6) is 0.413. The highest BCUT2D eigenvalue weighted by Crippen LogP contribution is 2.39. The summed E-state index contributed by atoms with van der Waals surface area (Å²) in [5, 5.41) is 3.13. The van der Waals surface area contributed by atoms with Crippen LogP contribution in [-0.4, -0.2) is 19.2 Å². The zero-order chi connectivity index (χ0) is 11.4. The molecule has 0 radical (unpaired) electrons. The molecule has 3 heteroatoms. The van der Waals surface area contributed by atoms with Crippen molar-refractivity contribution < 1.29 is 9.13 Å². The zero-order valence-electron chi connectivity index (χ0n) is 9.63.